The molecule has 0 aliphatic rings. The molecule has 0 saturated heterocycles. The van der Waals surface area contributed by atoms with Crippen LogP contribution in [0.5, 0.6) is 0 Å². The van der Waals surface area contributed by atoms with Crippen LogP contribution in [-0.4, -0.2) is 25.0 Å². The zero-order chi connectivity index (χ0) is 12.1. The molecular formula is C10H14N2O4. The molecule has 0 spiro atoms. The second-order valence-corrected chi connectivity index (χ2v) is 3.19. The minimum atomic E-state index is -0.719. The number of carbonyl (C=O) groups excluding carboxylic acids is 2. The highest BCUT2D eigenvalue weighted by atomic mass is 16.5. The smallest absolute Gasteiger partial charge is 0.328 e. The number of amides is 1. The lowest BCUT2D eigenvalue weighted by Gasteiger charge is -2.09. The van der Waals surface area contributed by atoms with Crippen molar-refractivity contribution < 1.29 is 18.7 Å². The minimum Gasteiger partial charge on any atom is -0.467 e. The van der Waals surface area contributed by atoms with E-state index in [-0.39, 0.29) is 12.3 Å². The Morgan fingerprint density at radius 2 is 2.25 bits per heavy atom. The van der Waals surface area contributed by atoms with Crippen LogP contribution in [0, 0.1) is 0 Å². The molecule has 0 aromatic carbocycles. The summed E-state index contributed by atoms with van der Waals surface area (Å²) in [5.41, 5.74) is 5.33. The lowest BCUT2D eigenvalue weighted by atomic mass is 10.3. The van der Waals surface area contributed by atoms with Gasteiger partial charge in [0, 0.05) is 0 Å². The summed E-state index contributed by atoms with van der Waals surface area (Å²) in [5.74, 6) is -0.358. The van der Waals surface area contributed by atoms with E-state index in [0.717, 1.165) is 0 Å². The largest absolute Gasteiger partial charge is 0.467 e. The van der Waals surface area contributed by atoms with E-state index in [9.17, 15) is 9.59 Å². The molecule has 1 heterocycles. The van der Waals surface area contributed by atoms with Gasteiger partial charge in [-0.2, -0.15) is 0 Å². The number of nitrogens with two attached hydrogens (primary N) is 1. The monoisotopic (exact) mass is 226 g/mol. The lowest BCUT2D eigenvalue weighted by molar-refractivity contribution is -0.142. The third-order valence-electron chi connectivity index (χ3n) is 1.99. The third kappa shape index (κ3) is 2.83. The van der Waals surface area contributed by atoms with Crippen molar-refractivity contribution in [2.45, 2.75) is 19.5 Å². The zero-order valence-corrected chi connectivity index (χ0v) is 9.15. The van der Waals surface area contributed by atoms with Gasteiger partial charge in [-0.3, -0.25) is 4.79 Å². The maximum Gasteiger partial charge on any atom is 0.328 e. The van der Waals surface area contributed by atoms with Gasteiger partial charge in [-0.25, -0.2) is 4.79 Å². The summed E-state index contributed by atoms with van der Waals surface area (Å²) in [6.45, 7) is 1.75. The van der Waals surface area contributed by atoms with Crippen molar-refractivity contribution in [1.82, 2.24) is 5.32 Å². The Morgan fingerprint density at radius 1 is 1.56 bits per heavy atom. The third-order valence-corrected chi connectivity index (χ3v) is 1.99. The first-order valence-corrected chi connectivity index (χ1v) is 4.76. The van der Waals surface area contributed by atoms with E-state index in [0.29, 0.717) is 5.76 Å². The molecule has 1 aromatic rings. The molecule has 0 bridgehead atoms. The summed E-state index contributed by atoms with van der Waals surface area (Å²) >= 11 is 0. The van der Waals surface area contributed by atoms with Gasteiger partial charge < -0.3 is 20.2 Å². The second-order valence-electron chi connectivity index (χ2n) is 3.19. The number of methoxy groups -OCH3 is 1. The summed E-state index contributed by atoms with van der Waals surface area (Å²) in [4.78, 5) is 22.6. The quantitative estimate of drug-likeness (QED) is 0.706. The van der Waals surface area contributed by atoms with Gasteiger partial charge in [0.1, 0.15) is 11.8 Å². The average molecular weight is 226 g/mol. The summed E-state index contributed by atoms with van der Waals surface area (Å²) < 4.78 is 9.59. The SMILES string of the molecule is COC(=O)C(C)NC(=O)c1ccc(CN)o1. The molecule has 6 heteroatoms. The second kappa shape index (κ2) is 5.32. The van der Waals surface area contributed by atoms with Crippen LogP contribution in [0.15, 0.2) is 16.5 Å². The zero-order valence-electron chi connectivity index (χ0n) is 9.15. The van der Waals surface area contributed by atoms with E-state index in [1.807, 2.05) is 0 Å². The maximum absolute atomic E-state index is 11.6. The molecule has 6 nitrogen and oxygen atoms in total. The fourth-order valence-electron chi connectivity index (χ4n) is 1.11. The fraction of sp³-hybridized carbons (Fsp3) is 0.400. The number of esters is 1. The molecule has 1 rings (SSSR count). The molecule has 1 unspecified atom stereocenters. The van der Waals surface area contributed by atoms with Gasteiger partial charge in [0.2, 0.25) is 0 Å². The topological polar surface area (TPSA) is 94.6 Å². The number of hydrogen-bond donors (Lipinski definition) is 2. The van der Waals surface area contributed by atoms with E-state index < -0.39 is 17.9 Å². The molecular weight excluding hydrogens is 212 g/mol. The van der Waals surface area contributed by atoms with Gasteiger partial charge in [0.05, 0.1) is 13.7 Å². The Kier molecular flexibility index (Phi) is 4.07. The van der Waals surface area contributed by atoms with E-state index in [4.69, 9.17) is 10.2 Å². The molecule has 0 saturated carbocycles. The molecule has 88 valence electrons. The lowest BCUT2D eigenvalue weighted by Crippen LogP contribution is -2.38. The van der Waals surface area contributed by atoms with Gasteiger partial charge in [0.25, 0.3) is 5.91 Å². The number of ether oxygens (including phenoxy) is 1. The van der Waals surface area contributed by atoms with Gasteiger partial charge in [-0.05, 0) is 19.1 Å². The summed E-state index contributed by atoms with van der Waals surface area (Å²) in [7, 11) is 1.25. The standard InChI is InChI=1S/C10H14N2O4/c1-6(10(14)15-2)12-9(13)8-4-3-7(5-11)16-8/h3-4,6H,5,11H2,1-2H3,(H,12,13). The average Bonchev–Trinajstić information content (AvgIpc) is 2.76. The molecule has 0 radical (unpaired) electrons. The number of carbonyl (C=O) groups is 2. The van der Waals surface area contributed by atoms with Crippen molar-refractivity contribution >= 4 is 11.9 Å². The molecule has 3 N–H and O–H groups in total. The van der Waals surface area contributed by atoms with E-state index in [2.05, 4.69) is 10.1 Å². The summed E-state index contributed by atoms with van der Waals surface area (Å²) in [5, 5.41) is 2.44. The Balaban J connectivity index is 2.61. The first-order chi connectivity index (χ1) is 7.58. The van der Waals surface area contributed by atoms with Crippen molar-refractivity contribution in [3.63, 3.8) is 0 Å². The molecule has 0 aliphatic heterocycles. The van der Waals surface area contributed by atoms with Crippen LogP contribution in [-0.2, 0) is 16.1 Å². The van der Waals surface area contributed by atoms with Crippen LogP contribution in [0.3, 0.4) is 0 Å². The number of rotatable bonds is 4. The maximum atomic E-state index is 11.6. The van der Waals surface area contributed by atoms with Crippen LogP contribution in [0.1, 0.15) is 23.2 Å². The molecule has 0 aliphatic carbocycles. The number of nitrogens with one attached hydrogen (secondary N) is 1. The van der Waals surface area contributed by atoms with E-state index >= 15 is 0 Å². The van der Waals surface area contributed by atoms with Crippen LogP contribution < -0.4 is 11.1 Å². The van der Waals surface area contributed by atoms with Gasteiger partial charge in [-0.15, -0.1) is 0 Å². The Bertz CT molecular complexity index is 386. The molecule has 1 amide bonds. The summed E-state index contributed by atoms with van der Waals surface area (Å²) in [6.07, 6.45) is 0. The van der Waals surface area contributed by atoms with Crippen LogP contribution in [0.4, 0.5) is 0 Å². The Morgan fingerprint density at radius 3 is 2.75 bits per heavy atom. The van der Waals surface area contributed by atoms with Crippen LogP contribution >= 0.6 is 0 Å². The van der Waals surface area contributed by atoms with Crippen molar-refractivity contribution in [3.05, 3.63) is 23.7 Å². The fourth-order valence-corrected chi connectivity index (χ4v) is 1.11. The highest BCUT2D eigenvalue weighted by Crippen LogP contribution is 2.07. The number of hydrogen-bond acceptors (Lipinski definition) is 5. The Hall–Kier alpha value is -1.82. The van der Waals surface area contributed by atoms with Crippen molar-refractivity contribution in [1.29, 1.82) is 0 Å². The minimum absolute atomic E-state index is 0.121. The first kappa shape index (κ1) is 12.3. The molecule has 1 aromatic heterocycles. The van der Waals surface area contributed by atoms with Crippen molar-refractivity contribution in [2.75, 3.05) is 7.11 Å². The van der Waals surface area contributed by atoms with Gasteiger partial charge >= 0.3 is 5.97 Å². The van der Waals surface area contributed by atoms with Crippen LogP contribution in [0.25, 0.3) is 0 Å². The van der Waals surface area contributed by atoms with E-state index in [1.54, 1.807) is 6.07 Å². The first-order valence-electron chi connectivity index (χ1n) is 4.76. The van der Waals surface area contributed by atoms with E-state index in [1.165, 1.54) is 20.1 Å². The molecule has 1 atom stereocenters. The normalized spacial score (nSPS) is 11.9. The highest BCUT2D eigenvalue weighted by molar-refractivity contribution is 5.94. The molecule has 0 fully saturated rings. The van der Waals surface area contributed by atoms with Crippen molar-refractivity contribution in [3.8, 4) is 0 Å². The Labute approximate surface area is 92.7 Å². The predicted molar refractivity (Wildman–Crippen MR) is 55.5 cm³/mol. The number of furan rings is 1. The predicted octanol–water partition coefficient (Wildman–Crippen LogP) is 0.0296. The van der Waals surface area contributed by atoms with Gasteiger partial charge in [-0.1, -0.05) is 0 Å². The van der Waals surface area contributed by atoms with Crippen molar-refractivity contribution in [2.24, 2.45) is 5.73 Å². The highest BCUT2D eigenvalue weighted by Gasteiger charge is 2.18. The summed E-state index contributed by atoms with van der Waals surface area (Å²) in [6, 6.07) is 2.39. The van der Waals surface area contributed by atoms with Gasteiger partial charge in [0.15, 0.2) is 5.76 Å². The molecule has 16 heavy (non-hydrogen) atoms. The van der Waals surface area contributed by atoms with Crippen LogP contribution in [0.2, 0.25) is 0 Å².